The quantitative estimate of drug-likeness (QED) is 0.577. The molecule has 0 aliphatic rings. The molecule has 9 heavy (non-hydrogen) atoms. The normalized spacial score (nSPS) is 12.4. The van der Waals surface area contributed by atoms with Crippen molar-refractivity contribution >= 4 is 33.0 Å². The average Bonchev–Trinajstić information content (AvgIpc) is 1.88. The molecule has 50 valence electrons. The first-order valence-electron chi connectivity index (χ1n) is 2.67. The van der Waals surface area contributed by atoms with Crippen molar-refractivity contribution in [2.75, 3.05) is 0 Å². The summed E-state index contributed by atoms with van der Waals surface area (Å²) >= 11 is 2.06. The molecule has 0 saturated heterocycles. The summed E-state index contributed by atoms with van der Waals surface area (Å²) in [6.07, 6.45) is 3.83. The molecule has 0 aromatic carbocycles. The number of rotatable bonds is 3. The van der Waals surface area contributed by atoms with E-state index in [4.69, 9.17) is 5.41 Å². The van der Waals surface area contributed by atoms with Gasteiger partial charge in [-0.1, -0.05) is 6.92 Å². The minimum Gasteiger partial charge on any atom is -0.309 e. The standard InChI is InChI=1S/C6H9IN2/c1-2-6(3-4-8)9-5-7/h3-5,8H,2H2,1H3/b6-3-,8-4?,9-5-. The highest BCUT2D eigenvalue weighted by Crippen LogP contribution is 1.99. The Morgan fingerprint density at radius 2 is 2.44 bits per heavy atom. The SMILES string of the molecule is CCC(=C/C=N)/N=C\I. The molecule has 0 bridgehead atoms. The van der Waals surface area contributed by atoms with Crippen molar-refractivity contribution in [2.45, 2.75) is 13.3 Å². The number of nitrogens with one attached hydrogen (secondary N) is 1. The first-order valence-corrected chi connectivity index (χ1v) is 3.92. The molecule has 0 rings (SSSR count). The summed E-state index contributed by atoms with van der Waals surface area (Å²) in [5.74, 6) is 0. The van der Waals surface area contributed by atoms with Crippen LogP contribution < -0.4 is 0 Å². The second-order valence-corrected chi connectivity index (χ2v) is 1.96. The van der Waals surface area contributed by atoms with Crippen molar-refractivity contribution < 1.29 is 0 Å². The Labute approximate surface area is 68.7 Å². The maximum Gasteiger partial charge on any atom is 0.0654 e. The Hall–Kier alpha value is -0.190. The summed E-state index contributed by atoms with van der Waals surface area (Å²) in [6.45, 7) is 2.01. The fourth-order valence-corrected chi connectivity index (χ4v) is 0.769. The van der Waals surface area contributed by atoms with E-state index in [-0.39, 0.29) is 0 Å². The molecule has 0 unspecified atom stereocenters. The first-order chi connectivity index (χ1) is 4.35. The highest BCUT2D eigenvalue weighted by Gasteiger charge is 1.83. The summed E-state index contributed by atoms with van der Waals surface area (Å²) in [7, 11) is 0. The Kier molecular flexibility index (Phi) is 5.81. The predicted molar refractivity (Wildman–Crippen MR) is 49.7 cm³/mol. The molecule has 0 aliphatic heterocycles. The molecule has 0 aromatic heterocycles. The zero-order chi connectivity index (χ0) is 7.11. The minimum atomic E-state index is 0.884. The van der Waals surface area contributed by atoms with Gasteiger partial charge in [-0.2, -0.15) is 0 Å². The lowest BCUT2D eigenvalue weighted by Crippen LogP contribution is -1.74. The molecule has 0 spiro atoms. The first kappa shape index (κ1) is 8.81. The molecule has 0 fully saturated rings. The molecule has 0 amide bonds. The number of hydrogen-bond donors (Lipinski definition) is 1. The van der Waals surface area contributed by atoms with Crippen LogP contribution in [0.2, 0.25) is 0 Å². The molecule has 0 atom stereocenters. The third-order valence-corrected chi connectivity index (χ3v) is 1.13. The maximum atomic E-state index is 6.74. The lowest BCUT2D eigenvalue weighted by Gasteiger charge is -1.89. The Bertz CT molecular complexity index is 138. The van der Waals surface area contributed by atoms with Crippen LogP contribution in [-0.2, 0) is 0 Å². The van der Waals surface area contributed by atoms with Crippen LogP contribution in [-0.4, -0.2) is 10.4 Å². The van der Waals surface area contributed by atoms with Gasteiger partial charge in [0.25, 0.3) is 0 Å². The molecule has 0 heterocycles. The van der Waals surface area contributed by atoms with Gasteiger partial charge < -0.3 is 5.41 Å². The fourth-order valence-electron chi connectivity index (χ4n) is 0.411. The average molecular weight is 236 g/mol. The minimum absolute atomic E-state index is 0.884. The predicted octanol–water partition coefficient (Wildman–Crippen LogP) is 2.39. The van der Waals surface area contributed by atoms with E-state index in [1.807, 2.05) is 6.92 Å². The Balaban J connectivity index is 3.96. The summed E-state index contributed by atoms with van der Waals surface area (Å²) in [5.41, 5.74) is 0.944. The highest BCUT2D eigenvalue weighted by atomic mass is 127. The van der Waals surface area contributed by atoms with Gasteiger partial charge in [0.05, 0.1) is 4.22 Å². The van der Waals surface area contributed by atoms with Crippen molar-refractivity contribution in [1.82, 2.24) is 0 Å². The van der Waals surface area contributed by atoms with E-state index in [1.54, 1.807) is 10.3 Å². The molecule has 2 nitrogen and oxygen atoms in total. The van der Waals surface area contributed by atoms with Crippen molar-refractivity contribution in [3.05, 3.63) is 11.8 Å². The number of aliphatic imine (C=N–C) groups is 1. The topological polar surface area (TPSA) is 36.2 Å². The van der Waals surface area contributed by atoms with Gasteiger partial charge in [-0.25, -0.2) is 0 Å². The van der Waals surface area contributed by atoms with Crippen LogP contribution in [0.15, 0.2) is 16.8 Å². The molecular weight excluding hydrogens is 227 g/mol. The molecule has 0 saturated carbocycles. The molecule has 0 radical (unpaired) electrons. The summed E-state index contributed by atoms with van der Waals surface area (Å²) in [5, 5.41) is 6.74. The van der Waals surface area contributed by atoms with Crippen molar-refractivity contribution in [3.63, 3.8) is 0 Å². The monoisotopic (exact) mass is 236 g/mol. The second kappa shape index (κ2) is 5.94. The number of halogens is 1. The van der Waals surface area contributed by atoms with Gasteiger partial charge in [0.1, 0.15) is 0 Å². The van der Waals surface area contributed by atoms with E-state index in [0.29, 0.717) is 0 Å². The zero-order valence-corrected chi connectivity index (χ0v) is 7.42. The third kappa shape index (κ3) is 4.32. The zero-order valence-electron chi connectivity index (χ0n) is 5.26. The van der Waals surface area contributed by atoms with Gasteiger partial charge in [0.2, 0.25) is 0 Å². The van der Waals surface area contributed by atoms with Crippen LogP contribution in [0.3, 0.4) is 0 Å². The van der Waals surface area contributed by atoms with Gasteiger partial charge in [-0.05, 0) is 35.1 Å². The van der Waals surface area contributed by atoms with Crippen LogP contribution in [0.4, 0.5) is 0 Å². The van der Waals surface area contributed by atoms with Crippen LogP contribution in [0.1, 0.15) is 13.3 Å². The van der Waals surface area contributed by atoms with E-state index >= 15 is 0 Å². The van der Waals surface area contributed by atoms with Crippen LogP contribution >= 0.6 is 22.6 Å². The smallest absolute Gasteiger partial charge is 0.0654 e. The van der Waals surface area contributed by atoms with Crippen LogP contribution in [0.25, 0.3) is 0 Å². The van der Waals surface area contributed by atoms with Crippen molar-refractivity contribution in [3.8, 4) is 0 Å². The lowest BCUT2D eigenvalue weighted by molar-refractivity contribution is 1.08. The number of nitrogens with zero attached hydrogens (tertiary/aromatic N) is 1. The second-order valence-electron chi connectivity index (χ2n) is 1.40. The molecule has 0 aromatic rings. The number of allylic oxidation sites excluding steroid dienone is 2. The van der Waals surface area contributed by atoms with Crippen LogP contribution in [0, 0.1) is 5.41 Å². The summed E-state index contributed by atoms with van der Waals surface area (Å²) in [4.78, 5) is 4.00. The van der Waals surface area contributed by atoms with Crippen molar-refractivity contribution in [1.29, 1.82) is 5.41 Å². The Morgan fingerprint density at radius 1 is 1.78 bits per heavy atom. The van der Waals surface area contributed by atoms with E-state index in [0.717, 1.165) is 12.1 Å². The van der Waals surface area contributed by atoms with Gasteiger partial charge in [0, 0.05) is 11.9 Å². The summed E-state index contributed by atoms with van der Waals surface area (Å²) < 4.78 is 1.70. The lowest BCUT2D eigenvalue weighted by atomic mass is 10.3. The Morgan fingerprint density at radius 3 is 2.78 bits per heavy atom. The fraction of sp³-hybridized carbons (Fsp3) is 0.333. The van der Waals surface area contributed by atoms with Crippen LogP contribution in [0.5, 0.6) is 0 Å². The van der Waals surface area contributed by atoms with Gasteiger partial charge in [0.15, 0.2) is 0 Å². The van der Waals surface area contributed by atoms with E-state index in [2.05, 4.69) is 27.6 Å². The molecule has 1 N–H and O–H groups in total. The molecular formula is C6H9IN2. The van der Waals surface area contributed by atoms with Gasteiger partial charge >= 0.3 is 0 Å². The molecule has 3 heteroatoms. The molecule has 0 aliphatic carbocycles. The van der Waals surface area contributed by atoms with E-state index in [1.165, 1.54) is 6.21 Å². The summed E-state index contributed by atoms with van der Waals surface area (Å²) in [6, 6.07) is 0. The largest absolute Gasteiger partial charge is 0.309 e. The van der Waals surface area contributed by atoms with Gasteiger partial charge in [-0.15, -0.1) is 0 Å². The number of hydrogen-bond acceptors (Lipinski definition) is 2. The maximum absolute atomic E-state index is 6.74. The highest BCUT2D eigenvalue weighted by molar-refractivity contribution is 14.1. The van der Waals surface area contributed by atoms with Crippen molar-refractivity contribution in [2.24, 2.45) is 4.99 Å². The van der Waals surface area contributed by atoms with E-state index < -0.39 is 0 Å². The van der Waals surface area contributed by atoms with E-state index in [9.17, 15) is 0 Å². The third-order valence-electron chi connectivity index (χ3n) is 0.853. The van der Waals surface area contributed by atoms with Gasteiger partial charge in [-0.3, -0.25) is 4.99 Å².